The molecule has 2 saturated heterocycles. The Balaban J connectivity index is 1.50. The Labute approximate surface area is 213 Å². The number of nitro groups is 1. The van der Waals surface area contributed by atoms with Gasteiger partial charge in [-0.05, 0) is 66.9 Å². The standard InChI is InChI=1S/C24H20F3N3O6S/c25-24(26,27)16-7-8-19(18(13-16)30(34)35)36-17-6-4-5-15(11-17)12-20-22(32)29(23(33)37-20)14-21(31)28-9-2-1-3-10-28/h4-8,11-13H,1-3,9-10,14H2/b20-12+. The number of benzene rings is 2. The van der Waals surface area contributed by atoms with Crippen molar-refractivity contribution in [2.45, 2.75) is 25.4 Å². The molecule has 9 nitrogen and oxygen atoms in total. The van der Waals surface area contributed by atoms with E-state index in [1.54, 1.807) is 11.0 Å². The van der Waals surface area contributed by atoms with E-state index in [9.17, 15) is 37.7 Å². The van der Waals surface area contributed by atoms with Gasteiger partial charge in [0.2, 0.25) is 11.7 Å². The first kappa shape index (κ1) is 26.2. The molecule has 0 spiro atoms. The fourth-order valence-corrected chi connectivity index (χ4v) is 4.72. The first-order chi connectivity index (χ1) is 17.5. The van der Waals surface area contributed by atoms with Crippen LogP contribution in [0, 0.1) is 10.1 Å². The Morgan fingerprint density at radius 3 is 2.51 bits per heavy atom. The Morgan fingerprint density at radius 2 is 1.84 bits per heavy atom. The van der Waals surface area contributed by atoms with Crippen molar-refractivity contribution in [2.75, 3.05) is 19.6 Å². The van der Waals surface area contributed by atoms with Crippen LogP contribution in [0.4, 0.5) is 23.7 Å². The lowest BCUT2D eigenvalue weighted by Crippen LogP contribution is -2.44. The zero-order valence-electron chi connectivity index (χ0n) is 19.2. The van der Waals surface area contributed by atoms with E-state index in [4.69, 9.17) is 4.74 Å². The fraction of sp³-hybridized carbons (Fsp3) is 0.292. The first-order valence-corrected chi connectivity index (χ1v) is 12.0. The number of likely N-dealkylation sites (tertiary alicyclic amines) is 1. The van der Waals surface area contributed by atoms with E-state index in [0.717, 1.165) is 30.2 Å². The molecule has 0 aliphatic carbocycles. The topological polar surface area (TPSA) is 110 Å². The average molecular weight is 536 g/mol. The summed E-state index contributed by atoms with van der Waals surface area (Å²) in [5, 5.41) is 10.7. The van der Waals surface area contributed by atoms with Crippen LogP contribution < -0.4 is 4.74 Å². The molecule has 4 rings (SSSR count). The highest BCUT2D eigenvalue weighted by Gasteiger charge is 2.37. The summed E-state index contributed by atoms with van der Waals surface area (Å²) in [7, 11) is 0. The van der Waals surface area contributed by atoms with Crippen molar-refractivity contribution in [2.24, 2.45) is 0 Å². The molecule has 2 heterocycles. The Kier molecular flexibility index (Phi) is 7.52. The van der Waals surface area contributed by atoms with Crippen LogP contribution >= 0.6 is 11.8 Å². The van der Waals surface area contributed by atoms with Gasteiger partial charge in [-0.2, -0.15) is 13.2 Å². The molecule has 2 aliphatic heterocycles. The maximum Gasteiger partial charge on any atom is 0.416 e. The Bertz CT molecular complexity index is 1290. The molecule has 3 amide bonds. The van der Waals surface area contributed by atoms with E-state index in [0.29, 0.717) is 42.5 Å². The summed E-state index contributed by atoms with van der Waals surface area (Å²) < 4.78 is 44.3. The predicted molar refractivity (Wildman–Crippen MR) is 128 cm³/mol. The molecule has 0 saturated carbocycles. The van der Waals surface area contributed by atoms with E-state index >= 15 is 0 Å². The smallest absolute Gasteiger partial charge is 0.416 e. The van der Waals surface area contributed by atoms with Gasteiger partial charge in [0.1, 0.15) is 12.3 Å². The third-order valence-corrected chi connectivity index (χ3v) is 6.65. The van der Waals surface area contributed by atoms with Crippen molar-refractivity contribution in [3.63, 3.8) is 0 Å². The molecule has 2 aromatic rings. The van der Waals surface area contributed by atoms with E-state index in [1.165, 1.54) is 24.3 Å². The number of ether oxygens (including phenoxy) is 1. The fourth-order valence-electron chi connectivity index (χ4n) is 3.88. The number of hydrogen-bond acceptors (Lipinski definition) is 7. The number of carbonyl (C=O) groups excluding carboxylic acids is 3. The van der Waals surface area contributed by atoms with E-state index in [-0.39, 0.29) is 23.1 Å². The summed E-state index contributed by atoms with van der Waals surface area (Å²) >= 11 is 0.676. The van der Waals surface area contributed by atoms with Crippen molar-refractivity contribution in [1.82, 2.24) is 9.80 Å². The first-order valence-electron chi connectivity index (χ1n) is 11.2. The summed E-state index contributed by atoms with van der Waals surface area (Å²) in [6.45, 7) is 0.840. The number of hydrogen-bond donors (Lipinski definition) is 0. The monoisotopic (exact) mass is 535 g/mol. The van der Waals surface area contributed by atoms with Crippen LogP contribution in [0.3, 0.4) is 0 Å². The normalized spacial score (nSPS) is 17.4. The minimum atomic E-state index is -4.76. The summed E-state index contributed by atoms with van der Waals surface area (Å²) in [5.41, 5.74) is -1.64. The Hall–Kier alpha value is -3.87. The van der Waals surface area contributed by atoms with Gasteiger partial charge >= 0.3 is 11.9 Å². The average Bonchev–Trinajstić information content (AvgIpc) is 3.11. The van der Waals surface area contributed by atoms with Crippen LogP contribution in [0.25, 0.3) is 6.08 Å². The molecule has 2 fully saturated rings. The predicted octanol–water partition coefficient (Wildman–Crippen LogP) is 5.45. The summed E-state index contributed by atoms with van der Waals surface area (Å²) in [4.78, 5) is 50.6. The number of amides is 3. The van der Waals surface area contributed by atoms with Crippen LogP contribution in [0.1, 0.15) is 30.4 Å². The van der Waals surface area contributed by atoms with Gasteiger partial charge in [0.15, 0.2) is 0 Å². The highest BCUT2D eigenvalue weighted by Crippen LogP contribution is 2.38. The molecule has 13 heteroatoms. The summed E-state index contributed by atoms with van der Waals surface area (Å²) in [5.74, 6) is -1.25. The van der Waals surface area contributed by atoms with Gasteiger partial charge in [0.05, 0.1) is 15.4 Å². The van der Waals surface area contributed by atoms with Crippen LogP contribution in [-0.2, 0) is 15.8 Å². The van der Waals surface area contributed by atoms with Gasteiger partial charge < -0.3 is 9.64 Å². The molecule has 194 valence electrons. The van der Waals surface area contributed by atoms with Crippen molar-refractivity contribution in [1.29, 1.82) is 0 Å². The third kappa shape index (κ3) is 6.10. The van der Waals surface area contributed by atoms with Crippen molar-refractivity contribution >= 4 is 40.6 Å². The minimum absolute atomic E-state index is 0.0658. The van der Waals surface area contributed by atoms with Crippen LogP contribution in [-0.4, -0.2) is 51.4 Å². The highest BCUT2D eigenvalue weighted by atomic mass is 32.2. The molecule has 2 aromatic carbocycles. The second kappa shape index (κ2) is 10.6. The van der Waals surface area contributed by atoms with Gasteiger partial charge in [-0.25, -0.2) is 0 Å². The van der Waals surface area contributed by atoms with E-state index in [1.807, 2.05) is 0 Å². The maximum atomic E-state index is 12.9. The molecule has 2 aliphatic rings. The highest BCUT2D eigenvalue weighted by molar-refractivity contribution is 8.18. The summed E-state index contributed by atoms with van der Waals surface area (Å²) in [6, 6.07) is 7.87. The zero-order valence-corrected chi connectivity index (χ0v) is 20.0. The number of piperidine rings is 1. The molecule has 0 bridgehead atoms. The molecule has 0 radical (unpaired) electrons. The molecule has 0 unspecified atom stereocenters. The lowest BCUT2D eigenvalue weighted by atomic mass is 10.1. The largest absolute Gasteiger partial charge is 0.450 e. The lowest BCUT2D eigenvalue weighted by Gasteiger charge is -2.27. The number of imide groups is 1. The minimum Gasteiger partial charge on any atom is -0.450 e. The van der Waals surface area contributed by atoms with E-state index < -0.39 is 39.2 Å². The quantitative estimate of drug-likeness (QED) is 0.275. The van der Waals surface area contributed by atoms with Gasteiger partial charge in [-0.3, -0.25) is 29.4 Å². The second-order valence-electron chi connectivity index (χ2n) is 8.32. The van der Waals surface area contributed by atoms with Gasteiger partial charge in [-0.1, -0.05) is 12.1 Å². The van der Waals surface area contributed by atoms with Crippen molar-refractivity contribution < 1.29 is 37.2 Å². The molecule has 0 N–H and O–H groups in total. The number of carbonyl (C=O) groups is 3. The number of nitrogens with zero attached hydrogens (tertiary/aromatic N) is 3. The number of alkyl halides is 3. The van der Waals surface area contributed by atoms with Crippen molar-refractivity contribution in [3.8, 4) is 11.5 Å². The Morgan fingerprint density at radius 1 is 1.11 bits per heavy atom. The third-order valence-electron chi connectivity index (χ3n) is 5.74. The van der Waals surface area contributed by atoms with Gasteiger partial charge in [-0.15, -0.1) is 0 Å². The molecular formula is C24H20F3N3O6S. The number of thioether (sulfide) groups is 1. The summed E-state index contributed by atoms with van der Waals surface area (Å²) in [6.07, 6.45) is -0.568. The maximum absolute atomic E-state index is 12.9. The van der Waals surface area contributed by atoms with Crippen LogP contribution in [0.5, 0.6) is 11.5 Å². The molecular weight excluding hydrogens is 515 g/mol. The molecule has 37 heavy (non-hydrogen) atoms. The SMILES string of the molecule is O=C(CN1C(=O)S/C(=C/c2cccc(Oc3ccc(C(F)(F)F)cc3[N+](=O)[O-])c2)C1=O)N1CCCCC1. The lowest BCUT2D eigenvalue weighted by molar-refractivity contribution is -0.385. The number of nitro benzene ring substituents is 1. The van der Waals surface area contributed by atoms with Crippen LogP contribution in [0.2, 0.25) is 0 Å². The number of halogens is 3. The second-order valence-corrected chi connectivity index (χ2v) is 9.31. The molecule has 0 aromatic heterocycles. The van der Waals surface area contributed by atoms with Gasteiger partial charge in [0, 0.05) is 19.2 Å². The zero-order chi connectivity index (χ0) is 26.7. The van der Waals surface area contributed by atoms with Gasteiger partial charge in [0.25, 0.3) is 11.1 Å². The number of rotatable bonds is 6. The van der Waals surface area contributed by atoms with Crippen LogP contribution in [0.15, 0.2) is 47.4 Å². The van der Waals surface area contributed by atoms with Crippen molar-refractivity contribution in [3.05, 3.63) is 68.6 Å². The molecule has 0 atom stereocenters. The van der Waals surface area contributed by atoms with E-state index in [2.05, 4.69) is 0 Å².